The summed E-state index contributed by atoms with van der Waals surface area (Å²) in [6.45, 7) is 0.204. The highest BCUT2D eigenvalue weighted by atomic mass is 35.5. The van der Waals surface area contributed by atoms with Gasteiger partial charge in [-0.05, 0) is 12.1 Å². The molecule has 0 radical (unpaired) electrons. The summed E-state index contributed by atoms with van der Waals surface area (Å²) in [5.41, 5.74) is 0.864. The fraction of sp³-hybridized carbons (Fsp3) is 0.167. The van der Waals surface area contributed by atoms with E-state index in [1.54, 1.807) is 23.9 Å². The van der Waals surface area contributed by atoms with Gasteiger partial charge in [0.1, 0.15) is 16.9 Å². The van der Waals surface area contributed by atoms with Gasteiger partial charge in [0.25, 0.3) is 5.56 Å². The Morgan fingerprint density at radius 1 is 1.30 bits per heavy atom. The van der Waals surface area contributed by atoms with Gasteiger partial charge in [-0.15, -0.1) is 0 Å². The largest absolute Gasteiger partial charge is 0.292 e. The molecule has 0 amide bonds. The van der Waals surface area contributed by atoms with Crippen molar-refractivity contribution in [3.8, 4) is 0 Å². The number of nitrogens with zero attached hydrogens (tertiary/aromatic N) is 5. The molecule has 102 valence electrons. The van der Waals surface area contributed by atoms with E-state index in [-0.39, 0.29) is 12.1 Å². The third kappa shape index (κ3) is 2.17. The minimum atomic E-state index is -0.194. The number of aromatic nitrogens is 5. The van der Waals surface area contributed by atoms with E-state index in [1.165, 1.54) is 17.1 Å². The maximum absolute atomic E-state index is 12.3. The summed E-state index contributed by atoms with van der Waals surface area (Å²) in [6.07, 6.45) is 2.94. The first-order valence-electron chi connectivity index (χ1n) is 5.74. The van der Waals surface area contributed by atoms with E-state index in [1.807, 2.05) is 0 Å². The zero-order valence-corrected chi connectivity index (χ0v) is 11.9. The zero-order chi connectivity index (χ0) is 14.3. The lowest BCUT2D eigenvalue weighted by Crippen LogP contribution is -2.21. The molecule has 0 bridgehead atoms. The molecule has 0 aliphatic heterocycles. The second-order valence-corrected chi connectivity index (χ2v) is 5.04. The smallest absolute Gasteiger partial charge is 0.264 e. The molecular formula is C12H9Cl2N5O. The highest BCUT2D eigenvalue weighted by molar-refractivity contribution is 6.32. The molecule has 0 saturated heterocycles. The van der Waals surface area contributed by atoms with Crippen LogP contribution in [0, 0.1) is 0 Å². The Labute approximate surface area is 123 Å². The van der Waals surface area contributed by atoms with Gasteiger partial charge in [-0.2, -0.15) is 5.10 Å². The van der Waals surface area contributed by atoms with Crippen LogP contribution in [0.5, 0.6) is 0 Å². The Morgan fingerprint density at radius 2 is 2.10 bits per heavy atom. The summed E-state index contributed by atoms with van der Waals surface area (Å²) in [4.78, 5) is 20.6. The Bertz CT molecular complexity index is 855. The van der Waals surface area contributed by atoms with E-state index < -0.39 is 0 Å². The summed E-state index contributed by atoms with van der Waals surface area (Å²) in [7, 11) is 1.73. The number of rotatable bonds is 2. The quantitative estimate of drug-likeness (QED) is 0.678. The number of fused-ring (bicyclic) bond motifs is 1. The Morgan fingerprint density at radius 3 is 2.90 bits per heavy atom. The first-order valence-corrected chi connectivity index (χ1v) is 6.50. The topological polar surface area (TPSA) is 65.6 Å². The number of hydrogen-bond acceptors (Lipinski definition) is 4. The van der Waals surface area contributed by atoms with E-state index in [0.29, 0.717) is 26.9 Å². The van der Waals surface area contributed by atoms with E-state index in [2.05, 4.69) is 15.1 Å². The number of aryl methyl sites for hydroxylation is 1. The Kier molecular flexibility index (Phi) is 3.19. The molecule has 0 saturated carbocycles. The van der Waals surface area contributed by atoms with Crippen LogP contribution >= 0.6 is 23.2 Å². The second-order valence-electron chi connectivity index (χ2n) is 4.25. The molecular weight excluding hydrogens is 301 g/mol. The fourth-order valence-corrected chi connectivity index (χ4v) is 2.24. The van der Waals surface area contributed by atoms with E-state index in [4.69, 9.17) is 23.2 Å². The van der Waals surface area contributed by atoms with Crippen molar-refractivity contribution in [2.24, 2.45) is 7.05 Å². The third-order valence-electron chi connectivity index (χ3n) is 2.92. The van der Waals surface area contributed by atoms with Crippen molar-refractivity contribution in [2.75, 3.05) is 0 Å². The summed E-state index contributed by atoms with van der Waals surface area (Å²) < 4.78 is 2.97. The molecule has 0 N–H and O–H groups in total. The summed E-state index contributed by atoms with van der Waals surface area (Å²) in [6, 6.07) is 3.24. The Hall–Kier alpha value is -1.92. The molecule has 3 aromatic heterocycles. The average molecular weight is 310 g/mol. The van der Waals surface area contributed by atoms with Crippen molar-refractivity contribution >= 4 is 34.2 Å². The Balaban J connectivity index is 2.09. The molecule has 0 unspecified atom stereocenters. The van der Waals surface area contributed by atoms with Gasteiger partial charge < -0.3 is 0 Å². The van der Waals surface area contributed by atoms with E-state index in [9.17, 15) is 4.79 Å². The number of halogens is 2. The fourth-order valence-electron chi connectivity index (χ4n) is 1.91. The van der Waals surface area contributed by atoms with Gasteiger partial charge in [0.15, 0.2) is 5.65 Å². The van der Waals surface area contributed by atoms with Crippen molar-refractivity contribution in [1.82, 2.24) is 24.3 Å². The van der Waals surface area contributed by atoms with Crippen molar-refractivity contribution < 1.29 is 0 Å². The van der Waals surface area contributed by atoms with Gasteiger partial charge in [0, 0.05) is 7.05 Å². The van der Waals surface area contributed by atoms with Gasteiger partial charge in [0.05, 0.1) is 23.5 Å². The predicted octanol–water partition coefficient (Wildman–Crippen LogP) is 1.88. The summed E-state index contributed by atoms with van der Waals surface area (Å²) in [5, 5.41) is 5.24. The summed E-state index contributed by atoms with van der Waals surface area (Å²) >= 11 is 11.9. The molecule has 0 fully saturated rings. The van der Waals surface area contributed by atoms with E-state index in [0.717, 1.165) is 0 Å². The highest BCUT2D eigenvalue weighted by Crippen LogP contribution is 2.17. The first kappa shape index (κ1) is 13.1. The summed E-state index contributed by atoms with van der Waals surface area (Å²) in [5.74, 6) is 0. The number of pyridine rings is 1. The molecule has 3 aromatic rings. The second kappa shape index (κ2) is 4.88. The monoisotopic (exact) mass is 309 g/mol. The average Bonchev–Trinajstić information content (AvgIpc) is 2.79. The lowest BCUT2D eigenvalue weighted by atomic mass is 10.3. The molecule has 3 rings (SSSR count). The standard InChI is InChI=1S/C12H9Cl2N5O/c1-18-11-7(4-16-18)12(20)19(6-15-11)5-9-8(13)2-3-10(14)17-9/h2-4,6H,5H2,1H3. The molecule has 0 aromatic carbocycles. The van der Waals surface area contributed by atoms with Crippen LogP contribution in [0.25, 0.3) is 11.0 Å². The first-order chi connectivity index (χ1) is 9.56. The van der Waals surface area contributed by atoms with Gasteiger partial charge >= 0.3 is 0 Å². The lowest BCUT2D eigenvalue weighted by molar-refractivity contribution is 0.723. The molecule has 0 aliphatic rings. The van der Waals surface area contributed by atoms with Gasteiger partial charge in [-0.3, -0.25) is 14.0 Å². The van der Waals surface area contributed by atoms with Crippen LogP contribution in [0.3, 0.4) is 0 Å². The maximum Gasteiger partial charge on any atom is 0.264 e. The highest BCUT2D eigenvalue weighted by Gasteiger charge is 2.10. The van der Waals surface area contributed by atoms with Crippen LogP contribution in [-0.2, 0) is 13.6 Å². The minimum Gasteiger partial charge on any atom is -0.292 e. The van der Waals surface area contributed by atoms with Gasteiger partial charge in [-0.25, -0.2) is 9.97 Å². The van der Waals surface area contributed by atoms with Gasteiger partial charge in [0.2, 0.25) is 0 Å². The maximum atomic E-state index is 12.3. The third-order valence-corrected chi connectivity index (χ3v) is 3.48. The molecule has 20 heavy (non-hydrogen) atoms. The molecule has 0 atom stereocenters. The van der Waals surface area contributed by atoms with Crippen LogP contribution in [0.1, 0.15) is 5.69 Å². The number of hydrogen-bond donors (Lipinski definition) is 0. The van der Waals surface area contributed by atoms with Crippen molar-refractivity contribution in [3.63, 3.8) is 0 Å². The van der Waals surface area contributed by atoms with Crippen molar-refractivity contribution in [2.45, 2.75) is 6.54 Å². The van der Waals surface area contributed by atoms with Gasteiger partial charge in [-0.1, -0.05) is 23.2 Å². The zero-order valence-electron chi connectivity index (χ0n) is 10.4. The molecule has 3 heterocycles. The van der Waals surface area contributed by atoms with Crippen molar-refractivity contribution in [1.29, 1.82) is 0 Å². The van der Waals surface area contributed by atoms with Crippen LogP contribution < -0.4 is 5.56 Å². The van der Waals surface area contributed by atoms with E-state index >= 15 is 0 Å². The lowest BCUT2D eigenvalue weighted by Gasteiger charge is -2.06. The molecule has 0 spiro atoms. The van der Waals surface area contributed by atoms with Crippen LogP contribution in [0.2, 0.25) is 10.2 Å². The molecule has 6 nitrogen and oxygen atoms in total. The SMILES string of the molecule is Cn1ncc2c(=O)n(Cc3nc(Cl)ccc3Cl)cnc21. The normalized spacial score (nSPS) is 11.2. The van der Waals surface area contributed by atoms with Crippen LogP contribution in [0.4, 0.5) is 0 Å². The minimum absolute atomic E-state index is 0.194. The predicted molar refractivity (Wildman–Crippen MR) is 76.1 cm³/mol. The van der Waals surface area contributed by atoms with Crippen molar-refractivity contribution in [3.05, 3.63) is 50.9 Å². The molecule has 0 aliphatic carbocycles. The molecule has 8 heteroatoms. The van der Waals surface area contributed by atoms with Crippen LogP contribution in [-0.4, -0.2) is 24.3 Å². The van der Waals surface area contributed by atoms with Crippen LogP contribution in [0.15, 0.2) is 29.5 Å².